The van der Waals surface area contributed by atoms with Crippen molar-refractivity contribution < 1.29 is 13.6 Å². The van der Waals surface area contributed by atoms with E-state index < -0.39 is 11.1 Å². The summed E-state index contributed by atoms with van der Waals surface area (Å²) in [4.78, 5) is 10.8. The topological polar surface area (TPSA) is 54.4 Å². The second-order valence-electron chi connectivity index (χ2n) is 4.27. The first-order valence-electron chi connectivity index (χ1n) is 5.62. The largest absolute Gasteiger partial charge is 0.306 e. The first kappa shape index (κ1) is 13.6. The van der Waals surface area contributed by atoms with E-state index in [0.717, 1.165) is 40.3 Å². The number of hydrogen-bond acceptors (Lipinski definition) is 2. The van der Waals surface area contributed by atoms with Crippen molar-refractivity contribution in [2.24, 2.45) is 5.92 Å². The lowest BCUT2D eigenvalue weighted by molar-refractivity contribution is -0.109. The summed E-state index contributed by atoms with van der Waals surface area (Å²) in [7, 11) is 0. The van der Waals surface area contributed by atoms with Gasteiger partial charge in [-0.1, -0.05) is 40.2 Å². The number of rotatable bonds is 4. The zero-order valence-corrected chi connectivity index (χ0v) is 12.0. The standard InChI is InChI=1S/C13H13BrO3S/c14-13-11(7-15)5-6-12(13)10-3-1-9(2-4-10)8-18(16)17/h1-4,7,11H,5-6,8H2,(H,16,17). The van der Waals surface area contributed by atoms with Crippen molar-refractivity contribution in [2.75, 3.05) is 0 Å². The van der Waals surface area contributed by atoms with E-state index in [1.165, 1.54) is 0 Å². The summed E-state index contributed by atoms with van der Waals surface area (Å²) in [6, 6.07) is 7.58. The summed E-state index contributed by atoms with van der Waals surface area (Å²) >= 11 is 1.68. The van der Waals surface area contributed by atoms with Gasteiger partial charge < -0.3 is 9.35 Å². The molecule has 0 aromatic heterocycles. The van der Waals surface area contributed by atoms with Crippen LogP contribution in [0.4, 0.5) is 0 Å². The van der Waals surface area contributed by atoms with E-state index in [1.54, 1.807) is 0 Å². The maximum Gasteiger partial charge on any atom is 0.157 e. The molecule has 0 bridgehead atoms. The Morgan fingerprint density at radius 1 is 1.39 bits per heavy atom. The molecule has 18 heavy (non-hydrogen) atoms. The minimum atomic E-state index is -1.81. The van der Waals surface area contributed by atoms with Gasteiger partial charge in [-0.2, -0.15) is 0 Å². The number of halogens is 1. The Morgan fingerprint density at radius 3 is 2.56 bits per heavy atom. The monoisotopic (exact) mass is 328 g/mol. The average molecular weight is 329 g/mol. The smallest absolute Gasteiger partial charge is 0.157 e. The molecule has 0 spiro atoms. The fraction of sp³-hybridized carbons (Fsp3) is 0.308. The lowest BCUT2D eigenvalue weighted by atomic mass is 10.0. The molecule has 0 heterocycles. The Bertz CT molecular complexity index is 507. The van der Waals surface area contributed by atoms with Crippen LogP contribution in [-0.4, -0.2) is 15.0 Å². The Kier molecular flexibility index (Phi) is 4.48. The Morgan fingerprint density at radius 2 is 2.06 bits per heavy atom. The molecule has 2 rings (SSSR count). The third kappa shape index (κ3) is 2.96. The Balaban J connectivity index is 2.22. The molecule has 5 heteroatoms. The van der Waals surface area contributed by atoms with Gasteiger partial charge in [0, 0.05) is 10.4 Å². The molecule has 0 aliphatic heterocycles. The van der Waals surface area contributed by atoms with Crippen LogP contribution < -0.4 is 0 Å². The van der Waals surface area contributed by atoms with E-state index in [9.17, 15) is 9.00 Å². The van der Waals surface area contributed by atoms with Crippen LogP contribution in [0.15, 0.2) is 28.7 Å². The summed E-state index contributed by atoms with van der Waals surface area (Å²) in [6.45, 7) is 0. The molecule has 1 aromatic carbocycles. The van der Waals surface area contributed by atoms with Crippen LogP contribution in [-0.2, 0) is 21.6 Å². The van der Waals surface area contributed by atoms with Gasteiger partial charge in [0.2, 0.25) is 0 Å². The molecule has 2 atom stereocenters. The Labute approximate surface area is 117 Å². The number of hydrogen-bond donors (Lipinski definition) is 1. The van der Waals surface area contributed by atoms with E-state index in [-0.39, 0.29) is 11.7 Å². The molecular weight excluding hydrogens is 316 g/mol. The molecule has 2 unspecified atom stereocenters. The van der Waals surface area contributed by atoms with Gasteiger partial charge in [-0.25, -0.2) is 4.21 Å². The van der Waals surface area contributed by atoms with Crippen molar-refractivity contribution in [3.63, 3.8) is 0 Å². The molecule has 3 nitrogen and oxygen atoms in total. The van der Waals surface area contributed by atoms with E-state index >= 15 is 0 Å². The summed E-state index contributed by atoms with van der Waals surface area (Å²) in [5.41, 5.74) is 3.06. The lowest BCUT2D eigenvalue weighted by Crippen LogP contribution is -1.95. The third-order valence-electron chi connectivity index (χ3n) is 3.08. The molecule has 0 saturated heterocycles. The minimum Gasteiger partial charge on any atom is -0.306 e. The van der Waals surface area contributed by atoms with E-state index in [4.69, 9.17) is 4.55 Å². The van der Waals surface area contributed by atoms with Gasteiger partial charge in [0.25, 0.3) is 0 Å². The van der Waals surface area contributed by atoms with Crippen molar-refractivity contribution in [3.8, 4) is 0 Å². The van der Waals surface area contributed by atoms with Crippen LogP contribution in [0.2, 0.25) is 0 Å². The zero-order valence-electron chi connectivity index (χ0n) is 9.64. The van der Waals surface area contributed by atoms with Crippen LogP contribution in [0.25, 0.3) is 5.57 Å². The van der Waals surface area contributed by atoms with Gasteiger partial charge >= 0.3 is 0 Å². The van der Waals surface area contributed by atoms with Crippen molar-refractivity contribution in [2.45, 2.75) is 18.6 Å². The van der Waals surface area contributed by atoms with Gasteiger partial charge in [-0.3, -0.25) is 0 Å². The maximum absolute atomic E-state index is 10.8. The lowest BCUT2D eigenvalue weighted by Gasteiger charge is -2.05. The van der Waals surface area contributed by atoms with Crippen LogP contribution in [0.3, 0.4) is 0 Å². The predicted molar refractivity (Wildman–Crippen MR) is 75.6 cm³/mol. The highest BCUT2D eigenvalue weighted by Gasteiger charge is 2.23. The van der Waals surface area contributed by atoms with Crippen LogP contribution in [0.5, 0.6) is 0 Å². The zero-order chi connectivity index (χ0) is 13.1. The van der Waals surface area contributed by atoms with Crippen molar-refractivity contribution >= 4 is 38.9 Å². The molecule has 1 aromatic rings. The molecular formula is C13H13BrO3S. The second-order valence-corrected chi connectivity index (χ2v) is 6.06. The summed E-state index contributed by atoms with van der Waals surface area (Å²) < 4.78 is 20.5. The van der Waals surface area contributed by atoms with Crippen molar-refractivity contribution in [1.29, 1.82) is 0 Å². The summed E-state index contributed by atoms with van der Waals surface area (Å²) in [5.74, 6) is 0.127. The summed E-state index contributed by atoms with van der Waals surface area (Å²) in [6.07, 6.45) is 2.71. The minimum absolute atomic E-state index is 0.0235. The molecule has 0 amide bonds. The van der Waals surface area contributed by atoms with E-state index in [2.05, 4.69) is 15.9 Å². The number of benzene rings is 1. The van der Waals surface area contributed by atoms with Gasteiger partial charge in [-0.15, -0.1) is 0 Å². The van der Waals surface area contributed by atoms with Gasteiger partial charge in [0.05, 0.1) is 5.75 Å². The van der Waals surface area contributed by atoms with Crippen molar-refractivity contribution in [3.05, 3.63) is 39.9 Å². The normalized spacial score (nSPS) is 21.1. The molecule has 0 fully saturated rings. The molecule has 1 N–H and O–H groups in total. The third-order valence-corrected chi connectivity index (χ3v) is 4.72. The van der Waals surface area contributed by atoms with E-state index in [0.29, 0.717) is 0 Å². The highest BCUT2D eigenvalue weighted by Crippen LogP contribution is 2.40. The first-order chi connectivity index (χ1) is 8.61. The van der Waals surface area contributed by atoms with Crippen LogP contribution in [0.1, 0.15) is 24.0 Å². The molecule has 1 aliphatic carbocycles. The number of aldehydes is 1. The quantitative estimate of drug-likeness (QED) is 0.682. The predicted octanol–water partition coefficient (Wildman–Crippen LogP) is 3.12. The van der Waals surface area contributed by atoms with Crippen LogP contribution in [0, 0.1) is 5.92 Å². The molecule has 1 aliphatic rings. The number of allylic oxidation sites excluding steroid dienone is 2. The van der Waals surface area contributed by atoms with Gasteiger partial charge in [-0.05, 0) is 29.5 Å². The molecule has 0 radical (unpaired) electrons. The fourth-order valence-corrected chi connectivity index (χ4v) is 3.37. The van der Waals surface area contributed by atoms with E-state index in [1.807, 2.05) is 24.3 Å². The number of carbonyl (C=O) groups is 1. The molecule has 96 valence electrons. The fourth-order valence-electron chi connectivity index (χ4n) is 2.12. The second kappa shape index (κ2) is 5.91. The molecule has 0 saturated carbocycles. The van der Waals surface area contributed by atoms with Crippen molar-refractivity contribution in [1.82, 2.24) is 0 Å². The number of carbonyl (C=O) groups excluding carboxylic acids is 1. The SMILES string of the molecule is O=CC1CCC(c2ccc(CS(=O)O)cc2)=C1Br. The van der Waals surface area contributed by atoms with Gasteiger partial charge in [0.15, 0.2) is 11.1 Å². The average Bonchev–Trinajstić information content (AvgIpc) is 2.71. The van der Waals surface area contributed by atoms with Gasteiger partial charge in [0.1, 0.15) is 6.29 Å². The highest BCUT2D eigenvalue weighted by molar-refractivity contribution is 9.11. The first-order valence-corrected chi connectivity index (χ1v) is 7.69. The highest BCUT2D eigenvalue weighted by atomic mass is 79.9. The maximum atomic E-state index is 10.8. The Hall–Kier alpha value is -0.780. The summed E-state index contributed by atoms with van der Waals surface area (Å²) in [5, 5.41) is 0. The van der Waals surface area contributed by atoms with Crippen LogP contribution >= 0.6 is 15.9 Å².